The topological polar surface area (TPSA) is 138 Å². The van der Waals surface area contributed by atoms with Crippen LogP contribution < -0.4 is 24.1 Å². The van der Waals surface area contributed by atoms with E-state index < -0.39 is 21.3 Å². The second kappa shape index (κ2) is 22.6. The van der Waals surface area contributed by atoms with Crippen molar-refractivity contribution in [2.45, 2.75) is 65.7 Å². The summed E-state index contributed by atoms with van der Waals surface area (Å²) >= 11 is -2.47. The van der Waals surface area contributed by atoms with Crippen molar-refractivity contribution in [3.05, 3.63) is 178 Å². The summed E-state index contributed by atoms with van der Waals surface area (Å²) in [5.74, 6) is -0.157. The molecule has 0 bridgehead atoms. The van der Waals surface area contributed by atoms with Crippen molar-refractivity contribution in [2.24, 2.45) is 0 Å². The molecule has 69 heavy (non-hydrogen) atoms. The van der Waals surface area contributed by atoms with Crippen LogP contribution >= 0.6 is 0 Å². The molecule has 0 aliphatic heterocycles. The number of aliphatic hydroxyl groups excluding tert-OH is 1. The highest BCUT2D eigenvalue weighted by Gasteiger charge is 2.24. The lowest BCUT2D eigenvalue weighted by molar-refractivity contribution is 0.204. The lowest BCUT2D eigenvalue weighted by Crippen LogP contribution is -2.27. The number of rotatable bonds is 21. The van der Waals surface area contributed by atoms with Gasteiger partial charge in [-0.1, -0.05) is 72.3 Å². The zero-order valence-electron chi connectivity index (χ0n) is 40.9. The summed E-state index contributed by atoms with van der Waals surface area (Å²) in [7, 11) is -2.16. The Morgan fingerprint density at radius 2 is 1.23 bits per heavy atom. The lowest BCUT2D eigenvalue weighted by Gasteiger charge is -2.30. The summed E-state index contributed by atoms with van der Waals surface area (Å²) in [5, 5.41) is 15.4. The van der Waals surface area contributed by atoms with Crippen LogP contribution in [-0.4, -0.2) is 68.8 Å². The highest BCUT2D eigenvalue weighted by Crippen LogP contribution is 2.42. The van der Waals surface area contributed by atoms with Crippen molar-refractivity contribution in [3.63, 3.8) is 0 Å². The summed E-state index contributed by atoms with van der Waals surface area (Å²) in [6.45, 7) is 16.5. The predicted octanol–water partition coefficient (Wildman–Crippen LogP) is 11.5. The third-order valence-electron chi connectivity index (χ3n) is 12.7. The van der Waals surface area contributed by atoms with Gasteiger partial charge in [0.2, 0.25) is 10.0 Å². The smallest absolute Gasteiger partial charge is 0.240 e. The zero-order chi connectivity index (χ0) is 49.4. The van der Waals surface area contributed by atoms with E-state index in [9.17, 15) is 22.3 Å². The molecule has 11 nitrogen and oxygen atoms in total. The van der Waals surface area contributed by atoms with Crippen LogP contribution in [0.3, 0.4) is 0 Å². The first-order valence-corrected chi connectivity index (χ1v) is 26.0. The molecule has 0 aliphatic carbocycles. The fraction of sp³-hybridized carbons (Fsp3) is 0.286. The third kappa shape index (κ3) is 11.4. The molecule has 0 fully saturated rings. The van der Waals surface area contributed by atoms with E-state index >= 15 is 0 Å². The van der Waals surface area contributed by atoms with Crippen molar-refractivity contribution in [3.8, 4) is 0 Å². The molecule has 0 aliphatic rings. The minimum Gasteiger partial charge on any atom is -0.755 e. The van der Waals surface area contributed by atoms with Crippen LogP contribution in [0.2, 0.25) is 0 Å². The molecule has 13 heteroatoms. The maximum Gasteiger partial charge on any atom is 0.240 e. The van der Waals surface area contributed by atoms with Gasteiger partial charge < -0.3 is 33.8 Å². The van der Waals surface area contributed by atoms with Crippen molar-refractivity contribution in [1.29, 1.82) is 0 Å². The fourth-order valence-electron chi connectivity index (χ4n) is 9.48. The average molecular weight is 967 g/mol. The molecule has 0 radical (unpaired) electrons. The Bertz CT molecular complexity index is 3010. The van der Waals surface area contributed by atoms with E-state index in [1.54, 1.807) is 12.1 Å². The van der Waals surface area contributed by atoms with Gasteiger partial charge in [-0.2, -0.15) is 0 Å². The van der Waals surface area contributed by atoms with Gasteiger partial charge in [-0.3, -0.25) is 4.21 Å². The van der Waals surface area contributed by atoms with E-state index in [2.05, 4.69) is 152 Å². The minimum atomic E-state index is -3.69. The molecular weight excluding hydrogens is 903 g/mol. The molecule has 362 valence electrons. The number of anilines is 7. The van der Waals surface area contributed by atoms with E-state index in [1.165, 1.54) is 28.1 Å². The molecule has 2 unspecified atom stereocenters. The Morgan fingerprint density at radius 3 is 1.75 bits per heavy atom. The Morgan fingerprint density at radius 1 is 0.681 bits per heavy atom. The predicted molar refractivity (Wildman–Crippen MR) is 284 cm³/mol. The summed E-state index contributed by atoms with van der Waals surface area (Å²) in [6, 6.07) is 45.8. The quantitative estimate of drug-likeness (QED) is 0.0365. The lowest BCUT2D eigenvalue weighted by atomic mass is 9.82. The van der Waals surface area contributed by atoms with Crippen LogP contribution in [0.1, 0.15) is 70.7 Å². The van der Waals surface area contributed by atoms with Crippen molar-refractivity contribution < 1.29 is 27.0 Å². The fourth-order valence-corrected chi connectivity index (χ4v) is 11.1. The minimum absolute atomic E-state index is 0.0959. The van der Waals surface area contributed by atoms with E-state index in [1.807, 2.05) is 38.1 Å². The largest absolute Gasteiger partial charge is 0.755 e. The number of hydrogen-bond donors (Lipinski definition) is 3. The highest BCUT2D eigenvalue weighted by molar-refractivity contribution is 7.89. The van der Waals surface area contributed by atoms with Gasteiger partial charge >= 0.3 is 0 Å². The Kier molecular flexibility index (Phi) is 16.6. The molecule has 0 spiro atoms. The summed E-state index contributed by atoms with van der Waals surface area (Å²) in [4.78, 5) is 4.64. The van der Waals surface area contributed by atoms with Gasteiger partial charge in [0.05, 0.1) is 11.5 Å². The van der Waals surface area contributed by atoms with Gasteiger partial charge in [-0.25, -0.2) is 13.1 Å². The normalized spacial score (nSPS) is 12.5. The van der Waals surface area contributed by atoms with Gasteiger partial charge in [-0.15, -0.1) is 0 Å². The summed E-state index contributed by atoms with van der Waals surface area (Å²) in [6.07, 6.45) is 0.340. The summed E-state index contributed by atoms with van der Waals surface area (Å²) < 4.78 is 59.2. The number of fused-ring (bicyclic) bond motifs is 1. The first-order chi connectivity index (χ1) is 33.2. The molecule has 7 aromatic carbocycles. The maximum atomic E-state index is 13.0. The maximum absolute atomic E-state index is 13.0. The SMILES string of the molecule is CCN(c1ccc(C(c2ccc(N(CC)c3ccc(S(=O)(=O)NCCOC)cc3C)cc2)c2ccc(Nc3c(C)cc(C)cc3C)c3ccccc23)cc1)c1ccc(N(CCCO)S(=O)[O-])cc1C. The Hall–Kier alpha value is -6.06. The second-order valence-corrected chi connectivity index (χ2v) is 20.1. The average Bonchev–Trinajstić information content (AvgIpc) is 3.33. The van der Waals surface area contributed by atoms with Crippen molar-refractivity contribution in [1.82, 2.24) is 4.72 Å². The molecule has 0 saturated heterocycles. The molecular formula is C56H64N5O6S2-. The van der Waals surface area contributed by atoms with Gasteiger partial charge in [0.15, 0.2) is 0 Å². The molecule has 7 aromatic rings. The van der Waals surface area contributed by atoms with Gasteiger partial charge in [0.25, 0.3) is 0 Å². The van der Waals surface area contributed by atoms with E-state index in [0.717, 1.165) is 72.7 Å². The van der Waals surface area contributed by atoms with Gasteiger partial charge in [0, 0.05) is 102 Å². The van der Waals surface area contributed by atoms with Crippen molar-refractivity contribution in [2.75, 3.05) is 65.9 Å². The number of aliphatic hydroxyl groups is 1. The third-order valence-corrected chi connectivity index (χ3v) is 15.0. The van der Waals surface area contributed by atoms with Crippen LogP contribution in [0.15, 0.2) is 138 Å². The van der Waals surface area contributed by atoms with E-state index in [0.29, 0.717) is 25.2 Å². The van der Waals surface area contributed by atoms with Gasteiger partial charge in [-0.05, 0) is 166 Å². The number of methoxy groups -OCH3 is 1. The number of aryl methyl sites for hydroxylation is 5. The first-order valence-electron chi connectivity index (χ1n) is 23.5. The van der Waals surface area contributed by atoms with Crippen LogP contribution in [0.25, 0.3) is 10.8 Å². The van der Waals surface area contributed by atoms with Crippen LogP contribution in [0, 0.1) is 34.6 Å². The molecule has 0 aromatic heterocycles. The number of benzene rings is 7. The van der Waals surface area contributed by atoms with Crippen LogP contribution in [0.5, 0.6) is 0 Å². The molecule has 3 N–H and O–H groups in total. The molecule has 0 saturated carbocycles. The van der Waals surface area contributed by atoms with E-state index in [4.69, 9.17) is 4.74 Å². The number of ether oxygens (including phenoxy) is 1. The standard InChI is InChI=1S/C56H65N5O6S2/c1-9-59(53-28-24-47(36-39(53)4)61(68(63)64)31-13-32-62)45-20-16-43(17-21-45)55(51-26-27-52(50-15-12-11-14-49(50)51)58-56-41(6)34-38(3)35-42(56)7)44-18-22-46(23-19-44)60(10-2)54-29-25-48(37-40(54)5)69(65,66)57-30-33-67-8/h11-12,14-29,34-37,55,57-58,62H,9-10,13,30-33H2,1-8H3,(H,63,64)/p-1. The highest BCUT2D eigenvalue weighted by atomic mass is 32.2. The van der Waals surface area contributed by atoms with Crippen LogP contribution in [0.4, 0.5) is 39.8 Å². The zero-order valence-corrected chi connectivity index (χ0v) is 42.5. The molecule has 0 heterocycles. The number of sulfonamides is 1. The monoisotopic (exact) mass is 966 g/mol. The Labute approximate surface area is 411 Å². The Balaban J connectivity index is 1.28. The van der Waals surface area contributed by atoms with E-state index in [-0.39, 0.29) is 37.1 Å². The molecule has 2 atom stereocenters. The summed E-state index contributed by atoms with van der Waals surface area (Å²) in [5.41, 5.74) is 15.4. The second-order valence-electron chi connectivity index (χ2n) is 17.5. The first kappa shape index (κ1) is 50.8. The number of nitrogens with zero attached hydrogens (tertiary/aromatic N) is 3. The van der Waals surface area contributed by atoms with Crippen LogP contribution in [-0.2, 0) is 26.0 Å². The van der Waals surface area contributed by atoms with Gasteiger partial charge in [0.1, 0.15) is 0 Å². The van der Waals surface area contributed by atoms with Crippen molar-refractivity contribution >= 4 is 71.9 Å². The molecule has 0 amide bonds. The number of hydrogen-bond acceptors (Lipinski definition) is 9. The molecule has 7 rings (SSSR count). The number of nitrogens with one attached hydrogen (secondary N) is 2.